The zero-order chi connectivity index (χ0) is 19.0. The minimum atomic E-state index is -0.389. The molecule has 4 rings (SSSR count). The first kappa shape index (κ1) is 18.1. The van der Waals surface area contributed by atoms with Crippen LogP contribution in [0.3, 0.4) is 0 Å². The third-order valence-electron chi connectivity index (χ3n) is 5.53. The van der Waals surface area contributed by atoms with E-state index in [1.807, 2.05) is 71.3 Å². The summed E-state index contributed by atoms with van der Waals surface area (Å²) in [6, 6.07) is 17.6. The van der Waals surface area contributed by atoms with Gasteiger partial charge in [-0.15, -0.1) is 11.8 Å². The van der Waals surface area contributed by atoms with E-state index in [9.17, 15) is 9.59 Å². The van der Waals surface area contributed by atoms with Crippen LogP contribution in [0.4, 0.5) is 5.69 Å². The quantitative estimate of drug-likeness (QED) is 0.805. The first-order valence-corrected chi connectivity index (χ1v) is 10.3. The Balaban J connectivity index is 1.66. The van der Waals surface area contributed by atoms with Crippen LogP contribution in [0.1, 0.15) is 30.9 Å². The molecule has 0 spiro atoms. The molecule has 0 bridgehead atoms. The van der Waals surface area contributed by atoms with Crippen LogP contribution in [-0.2, 0) is 16.1 Å². The Bertz CT molecular complexity index is 852. The van der Waals surface area contributed by atoms with E-state index in [-0.39, 0.29) is 22.7 Å². The van der Waals surface area contributed by atoms with Crippen molar-refractivity contribution < 1.29 is 9.59 Å². The van der Waals surface area contributed by atoms with E-state index in [0.29, 0.717) is 18.7 Å². The zero-order valence-electron chi connectivity index (χ0n) is 15.7. The van der Waals surface area contributed by atoms with Crippen molar-refractivity contribution in [3.63, 3.8) is 0 Å². The summed E-state index contributed by atoms with van der Waals surface area (Å²) in [5.74, 6) is 0.775. The SMILES string of the molecule is Cc1ccc(N(Cc2ccccc2)C(=O)C2CSC3(C)CCC(=O)N23)cc1. The van der Waals surface area contributed by atoms with Crippen LogP contribution < -0.4 is 4.90 Å². The van der Waals surface area contributed by atoms with Crippen LogP contribution in [0.25, 0.3) is 0 Å². The molecule has 0 aromatic heterocycles. The number of nitrogens with zero attached hydrogens (tertiary/aromatic N) is 2. The van der Waals surface area contributed by atoms with E-state index in [0.717, 1.165) is 23.2 Å². The lowest BCUT2D eigenvalue weighted by molar-refractivity contribution is -0.136. The zero-order valence-corrected chi connectivity index (χ0v) is 16.5. The maximum absolute atomic E-state index is 13.6. The normalized spacial score (nSPS) is 24.1. The molecule has 2 aromatic rings. The number of thioether (sulfide) groups is 1. The van der Waals surface area contributed by atoms with Gasteiger partial charge in [0.05, 0.1) is 11.4 Å². The van der Waals surface area contributed by atoms with E-state index >= 15 is 0 Å². The average Bonchev–Trinajstić information content (AvgIpc) is 3.17. The number of hydrogen-bond acceptors (Lipinski definition) is 3. The van der Waals surface area contributed by atoms with Crippen molar-refractivity contribution in [2.45, 2.75) is 44.1 Å². The number of fused-ring (bicyclic) bond motifs is 1. The summed E-state index contributed by atoms with van der Waals surface area (Å²) in [6.07, 6.45) is 1.36. The van der Waals surface area contributed by atoms with E-state index in [2.05, 4.69) is 6.92 Å². The molecule has 2 saturated heterocycles. The van der Waals surface area contributed by atoms with Crippen molar-refractivity contribution >= 4 is 29.3 Å². The van der Waals surface area contributed by atoms with Crippen molar-refractivity contribution in [1.29, 1.82) is 0 Å². The Morgan fingerprint density at radius 2 is 1.89 bits per heavy atom. The number of amides is 2. The van der Waals surface area contributed by atoms with E-state index in [4.69, 9.17) is 0 Å². The standard InChI is InChI=1S/C22H24N2O2S/c1-16-8-10-18(11-9-16)23(14-17-6-4-3-5-7-17)21(26)19-15-27-22(2)13-12-20(25)24(19)22/h3-11,19H,12-15H2,1-2H3. The van der Waals surface area contributed by atoms with Gasteiger partial charge in [-0.25, -0.2) is 0 Å². The maximum atomic E-state index is 13.6. The Labute approximate surface area is 164 Å². The minimum Gasteiger partial charge on any atom is -0.315 e. The van der Waals surface area contributed by atoms with Crippen LogP contribution in [0.15, 0.2) is 54.6 Å². The highest BCUT2D eigenvalue weighted by atomic mass is 32.2. The third kappa shape index (κ3) is 3.36. The fraction of sp³-hybridized carbons (Fsp3) is 0.364. The second kappa shape index (κ2) is 7.04. The molecule has 2 aliphatic heterocycles. The second-order valence-corrected chi connectivity index (χ2v) is 9.01. The number of aryl methyl sites for hydroxylation is 1. The van der Waals surface area contributed by atoms with E-state index in [1.165, 1.54) is 0 Å². The second-order valence-electron chi connectivity index (χ2n) is 7.51. The van der Waals surface area contributed by atoms with Gasteiger partial charge in [-0.3, -0.25) is 9.59 Å². The molecule has 2 aromatic carbocycles. The number of rotatable bonds is 4. The number of hydrogen-bond donors (Lipinski definition) is 0. The van der Waals surface area contributed by atoms with Gasteiger partial charge in [-0.2, -0.15) is 0 Å². The molecule has 27 heavy (non-hydrogen) atoms. The number of carbonyl (C=O) groups excluding carboxylic acids is 2. The van der Waals surface area contributed by atoms with Gasteiger partial charge in [0, 0.05) is 17.9 Å². The molecule has 0 N–H and O–H groups in total. The fourth-order valence-electron chi connectivity index (χ4n) is 3.97. The lowest BCUT2D eigenvalue weighted by Gasteiger charge is -2.33. The molecule has 140 valence electrons. The molecule has 0 radical (unpaired) electrons. The summed E-state index contributed by atoms with van der Waals surface area (Å²) in [6.45, 7) is 4.63. The number of carbonyl (C=O) groups is 2. The predicted molar refractivity (Wildman–Crippen MR) is 110 cm³/mol. The fourth-order valence-corrected chi connectivity index (χ4v) is 5.39. The molecule has 4 nitrogen and oxygen atoms in total. The van der Waals surface area contributed by atoms with Crippen LogP contribution >= 0.6 is 11.8 Å². The average molecular weight is 381 g/mol. The monoisotopic (exact) mass is 380 g/mol. The summed E-state index contributed by atoms with van der Waals surface area (Å²) in [5.41, 5.74) is 3.11. The first-order chi connectivity index (χ1) is 13.0. The van der Waals surface area contributed by atoms with Gasteiger partial charge in [0.1, 0.15) is 6.04 Å². The Hall–Kier alpha value is -2.27. The molecule has 2 amide bonds. The van der Waals surface area contributed by atoms with Crippen molar-refractivity contribution in [3.8, 4) is 0 Å². The number of benzene rings is 2. The molecule has 0 aliphatic carbocycles. The van der Waals surface area contributed by atoms with Gasteiger partial charge >= 0.3 is 0 Å². The third-order valence-corrected chi connectivity index (χ3v) is 7.03. The molecular weight excluding hydrogens is 356 g/mol. The molecular formula is C22H24N2O2S. The minimum absolute atomic E-state index is 0.00850. The van der Waals surface area contributed by atoms with Gasteiger partial charge in [-0.05, 0) is 38.0 Å². The van der Waals surface area contributed by atoms with Crippen molar-refractivity contribution in [2.75, 3.05) is 10.7 Å². The molecule has 2 unspecified atom stereocenters. The maximum Gasteiger partial charge on any atom is 0.251 e. The lowest BCUT2D eigenvalue weighted by atomic mass is 10.1. The van der Waals surface area contributed by atoms with E-state index < -0.39 is 0 Å². The summed E-state index contributed by atoms with van der Waals surface area (Å²) >= 11 is 1.73. The van der Waals surface area contributed by atoms with Gasteiger partial charge in [0.2, 0.25) is 5.91 Å². The Kier molecular flexibility index (Phi) is 4.72. The van der Waals surface area contributed by atoms with E-state index in [1.54, 1.807) is 11.8 Å². The highest BCUT2D eigenvalue weighted by Crippen LogP contribution is 2.47. The molecule has 2 fully saturated rings. The van der Waals surface area contributed by atoms with Crippen LogP contribution in [-0.4, -0.2) is 33.4 Å². The van der Waals surface area contributed by atoms with Gasteiger partial charge < -0.3 is 9.80 Å². The van der Waals surface area contributed by atoms with Crippen molar-refractivity contribution in [2.24, 2.45) is 0 Å². The largest absolute Gasteiger partial charge is 0.315 e. The lowest BCUT2D eigenvalue weighted by Crippen LogP contribution is -2.51. The Morgan fingerprint density at radius 1 is 1.19 bits per heavy atom. The smallest absolute Gasteiger partial charge is 0.251 e. The van der Waals surface area contributed by atoms with Crippen LogP contribution in [0, 0.1) is 6.92 Å². The molecule has 0 saturated carbocycles. The summed E-state index contributed by atoms with van der Waals surface area (Å²) in [5, 5.41) is 0. The van der Waals surface area contributed by atoms with Crippen molar-refractivity contribution in [1.82, 2.24) is 4.90 Å². The summed E-state index contributed by atoms with van der Waals surface area (Å²) < 4.78 is 0. The molecule has 2 heterocycles. The highest BCUT2D eigenvalue weighted by molar-refractivity contribution is 8.01. The van der Waals surface area contributed by atoms with Crippen molar-refractivity contribution in [3.05, 3.63) is 65.7 Å². The molecule has 5 heteroatoms. The highest BCUT2D eigenvalue weighted by Gasteiger charge is 2.53. The topological polar surface area (TPSA) is 40.6 Å². The Morgan fingerprint density at radius 3 is 2.59 bits per heavy atom. The van der Waals surface area contributed by atoms with Gasteiger partial charge in [0.25, 0.3) is 5.91 Å². The summed E-state index contributed by atoms with van der Waals surface area (Å²) in [7, 11) is 0. The van der Waals surface area contributed by atoms with Crippen LogP contribution in [0.2, 0.25) is 0 Å². The van der Waals surface area contributed by atoms with Gasteiger partial charge in [-0.1, -0.05) is 48.0 Å². The van der Waals surface area contributed by atoms with Gasteiger partial charge in [0.15, 0.2) is 0 Å². The number of anilines is 1. The first-order valence-electron chi connectivity index (χ1n) is 9.36. The van der Waals surface area contributed by atoms with Crippen LogP contribution in [0.5, 0.6) is 0 Å². The summed E-state index contributed by atoms with van der Waals surface area (Å²) in [4.78, 5) is 29.5. The molecule has 2 aliphatic rings. The predicted octanol–water partition coefficient (Wildman–Crippen LogP) is 3.98. The molecule has 2 atom stereocenters.